The van der Waals surface area contributed by atoms with E-state index >= 15 is 0 Å². The molecule has 2 N–H and O–H groups in total. The van der Waals surface area contributed by atoms with Crippen LogP contribution in [0.3, 0.4) is 0 Å². The van der Waals surface area contributed by atoms with E-state index in [0.29, 0.717) is 43.0 Å². The third-order valence-electron chi connectivity index (χ3n) is 3.26. The molecule has 4 aromatic rings. The molecule has 10 nitrogen and oxygen atoms in total. The third-order valence-corrected chi connectivity index (χ3v) is 3.26. The summed E-state index contributed by atoms with van der Waals surface area (Å²) in [5, 5.41) is 46.2. The Morgan fingerprint density at radius 2 is 1.38 bits per heavy atom. The van der Waals surface area contributed by atoms with Gasteiger partial charge in [0, 0.05) is 16.4 Å². The molecule has 0 aliphatic rings. The van der Waals surface area contributed by atoms with Crippen molar-refractivity contribution in [1.82, 2.24) is 10.3 Å². The summed E-state index contributed by atoms with van der Waals surface area (Å²) in [6.07, 6.45) is 0. The van der Waals surface area contributed by atoms with E-state index in [4.69, 9.17) is 10.2 Å². The number of aromatic nitrogens is 4. The van der Waals surface area contributed by atoms with Crippen LogP contribution in [-0.2, 0) is 13.2 Å². The van der Waals surface area contributed by atoms with E-state index in [1.54, 1.807) is 36.4 Å². The van der Waals surface area contributed by atoms with Gasteiger partial charge >= 0.3 is 0 Å². The second kappa shape index (κ2) is 6.48. The molecule has 0 saturated heterocycles. The predicted octanol–water partition coefficient (Wildman–Crippen LogP) is -0.0930. The Bertz CT molecular complexity index is 980. The lowest BCUT2D eigenvalue weighted by Gasteiger charge is -1.91. The molecule has 10 heteroatoms. The molecule has 124 valence electrons. The van der Waals surface area contributed by atoms with Crippen LogP contribution < -0.4 is 9.81 Å². The first-order valence-electron chi connectivity index (χ1n) is 6.81. The zero-order valence-corrected chi connectivity index (χ0v) is 12.2. The maximum atomic E-state index is 10.9. The molecule has 24 heavy (non-hydrogen) atoms. The molecule has 0 radical (unpaired) electrons. The zero-order valence-electron chi connectivity index (χ0n) is 12.2. The summed E-state index contributed by atoms with van der Waals surface area (Å²) in [4.78, 5) is 0.644. The monoisotopic (exact) mass is 332 g/mol. The van der Waals surface area contributed by atoms with Crippen molar-refractivity contribution >= 4 is 22.1 Å². The molecule has 0 amide bonds. The van der Waals surface area contributed by atoms with E-state index < -0.39 is 0 Å². The summed E-state index contributed by atoms with van der Waals surface area (Å²) in [6, 6.07) is 9.66. The third kappa shape index (κ3) is 2.95. The number of nitrogens with zero attached hydrogens (tertiary/aromatic N) is 4. The maximum Gasteiger partial charge on any atom is 0.248 e. The Hall–Kier alpha value is -3.24. The van der Waals surface area contributed by atoms with E-state index in [1.807, 2.05) is 0 Å². The first-order chi connectivity index (χ1) is 11.6. The summed E-state index contributed by atoms with van der Waals surface area (Å²) in [5.74, 6) is 0. The first-order valence-corrected chi connectivity index (χ1v) is 6.81. The molecule has 0 fully saturated rings. The molecule has 0 bridgehead atoms. The van der Waals surface area contributed by atoms with Crippen LogP contribution >= 0.6 is 0 Å². The SMILES string of the molecule is [O-][n+]1onc2cc(CO)ccc21.[O-][n+]1onc2ccc(CO)cc21. The van der Waals surface area contributed by atoms with Crippen LogP contribution in [-0.4, -0.2) is 20.5 Å². The largest absolute Gasteiger partial charge is 0.392 e. The van der Waals surface area contributed by atoms with Gasteiger partial charge in [0.05, 0.1) is 13.2 Å². The quantitative estimate of drug-likeness (QED) is 0.484. The minimum absolute atomic E-state index is 0.0678. The van der Waals surface area contributed by atoms with Crippen molar-refractivity contribution in [2.45, 2.75) is 13.2 Å². The van der Waals surface area contributed by atoms with E-state index in [0.717, 1.165) is 0 Å². The van der Waals surface area contributed by atoms with Gasteiger partial charge in [-0.15, -0.1) is 0 Å². The average Bonchev–Trinajstić information content (AvgIpc) is 3.18. The van der Waals surface area contributed by atoms with Gasteiger partial charge < -0.3 is 20.6 Å². The number of aliphatic hydroxyl groups excluding tert-OH is 2. The van der Waals surface area contributed by atoms with Gasteiger partial charge in [-0.2, -0.15) is 0 Å². The number of fused-ring (bicyclic) bond motifs is 2. The molecule has 0 unspecified atom stereocenters. The van der Waals surface area contributed by atoms with Gasteiger partial charge in [-0.25, -0.2) is 0 Å². The van der Waals surface area contributed by atoms with Crippen LogP contribution in [0.1, 0.15) is 11.1 Å². The Labute approximate surface area is 133 Å². The fourth-order valence-electron chi connectivity index (χ4n) is 2.04. The highest BCUT2D eigenvalue weighted by molar-refractivity contribution is 5.71. The Morgan fingerprint density at radius 1 is 0.792 bits per heavy atom. The van der Waals surface area contributed by atoms with E-state index in [2.05, 4.69) is 19.6 Å². The van der Waals surface area contributed by atoms with Crippen molar-refractivity contribution < 1.29 is 29.3 Å². The molecule has 2 aromatic heterocycles. The van der Waals surface area contributed by atoms with Crippen LogP contribution in [0.5, 0.6) is 0 Å². The lowest BCUT2D eigenvalue weighted by atomic mass is 10.2. The lowest BCUT2D eigenvalue weighted by Crippen LogP contribution is -2.22. The summed E-state index contributed by atoms with van der Waals surface area (Å²) in [6.45, 7) is -0.164. The summed E-state index contributed by atoms with van der Waals surface area (Å²) in [5.41, 5.74) is 3.01. The predicted molar refractivity (Wildman–Crippen MR) is 77.8 cm³/mol. The molecular formula is C14H12N4O6. The van der Waals surface area contributed by atoms with Gasteiger partial charge in [-0.3, -0.25) is 9.26 Å². The fraction of sp³-hybridized carbons (Fsp3) is 0.143. The van der Waals surface area contributed by atoms with Crippen molar-refractivity contribution in [3.63, 3.8) is 0 Å². The molecule has 4 rings (SSSR count). The summed E-state index contributed by atoms with van der Waals surface area (Å²) in [7, 11) is 0. The van der Waals surface area contributed by atoms with Crippen molar-refractivity contribution in [3.8, 4) is 0 Å². The van der Waals surface area contributed by atoms with Crippen molar-refractivity contribution in [3.05, 3.63) is 57.9 Å². The number of rotatable bonds is 2. The van der Waals surface area contributed by atoms with Gasteiger partial charge in [0.2, 0.25) is 22.1 Å². The molecule has 0 atom stereocenters. The molecule has 0 saturated carbocycles. The number of benzene rings is 2. The Kier molecular flexibility index (Phi) is 4.22. The molecule has 2 aromatic carbocycles. The normalized spacial score (nSPS) is 10.8. The number of hydrogen-bond donors (Lipinski definition) is 2. The maximum absolute atomic E-state index is 10.9. The highest BCUT2D eigenvalue weighted by atomic mass is 16.8. The fourth-order valence-corrected chi connectivity index (χ4v) is 2.04. The van der Waals surface area contributed by atoms with E-state index in [9.17, 15) is 10.4 Å². The van der Waals surface area contributed by atoms with Gasteiger partial charge in [0.1, 0.15) is 0 Å². The van der Waals surface area contributed by atoms with Crippen LogP contribution in [0.4, 0.5) is 0 Å². The number of aliphatic hydroxyl groups is 2. The summed E-state index contributed by atoms with van der Waals surface area (Å²) < 4.78 is 8.69. The van der Waals surface area contributed by atoms with Crippen LogP contribution in [0.2, 0.25) is 0 Å². The minimum atomic E-state index is -0.0961. The van der Waals surface area contributed by atoms with Crippen molar-refractivity contribution in [1.29, 1.82) is 0 Å². The molecule has 0 aliphatic carbocycles. The average molecular weight is 332 g/mol. The highest BCUT2D eigenvalue weighted by Gasteiger charge is 2.09. The van der Waals surface area contributed by atoms with Crippen LogP contribution in [0.25, 0.3) is 22.1 Å². The second-order valence-electron chi connectivity index (χ2n) is 4.82. The second-order valence-corrected chi connectivity index (χ2v) is 4.82. The van der Waals surface area contributed by atoms with Crippen molar-refractivity contribution in [2.75, 3.05) is 0 Å². The minimum Gasteiger partial charge on any atom is -0.392 e. The first kappa shape index (κ1) is 15.6. The Morgan fingerprint density at radius 3 is 2.08 bits per heavy atom. The zero-order chi connectivity index (χ0) is 17.1. The van der Waals surface area contributed by atoms with Crippen molar-refractivity contribution in [2.24, 2.45) is 0 Å². The molecular weight excluding hydrogens is 320 g/mol. The van der Waals surface area contributed by atoms with E-state index in [-0.39, 0.29) is 13.2 Å². The van der Waals surface area contributed by atoms with E-state index in [1.165, 1.54) is 0 Å². The van der Waals surface area contributed by atoms with Gasteiger partial charge in [-0.05, 0) is 39.1 Å². The van der Waals surface area contributed by atoms with Gasteiger partial charge in [0.15, 0.2) is 0 Å². The topological polar surface area (TPSA) is 146 Å². The van der Waals surface area contributed by atoms with Gasteiger partial charge in [-0.1, -0.05) is 12.1 Å². The molecule has 0 aliphatic heterocycles. The smallest absolute Gasteiger partial charge is 0.248 e. The standard InChI is InChI=1S/2C7H6N2O3/c10-4-5-1-2-7-6(3-5)8-12-9(7)11;10-4-5-1-2-6-7(3-5)9(11)12-8-6/h2*1-3,10H,4H2. The molecule has 0 spiro atoms. The lowest BCUT2D eigenvalue weighted by molar-refractivity contribution is -0.782. The Balaban J connectivity index is 0.000000141. The van der Waals surface area contributed by atoms with Crippen LogP contribution in [0, 0.1) is 10.4 Å². The highest BCUT2D eigenvalue weighted by Crippen LogP contribution is 2.10. The number of hydrogen-bond acceptors (Lipinski definition) is 8. The summed E-state index contributed by atoms with van der Waals surface area (Å²) >= 11 is 0. The van der Waals surface area contributed by atoms with Crippen LogP contribution in [0.15, 0.2) is 45.7 Å². The van der Waals surface area contributed by atoms with Gasteiger partial charge in [0.25, 0.3) is 0 Å². The molecule has 2 heterocycles.